The molecule has 0 aliphatic carbocycles. The van der Waals surface area contributed by atoms with Crippen LogP contribution < -0.4 is 11.1 Å². The number of amides is 1. The van der Waals surface area contributed by atoms with Crippen LogP contribution in [0.4, 0.5) is 5.69 Å². The van der Waals surface area contributed by atoms with Gasteiger partial charge < -0.3 is 11.1 Å². The monoisotopic (exact) mass is 253 g/mol. The molecule has 1 unspecified atom stereocenters. The van der Waals surface area contributed by atoms with Crippen LogP contribution in [0.5, 0.6) is 0 Å². The molecular formula is C12H19N3OS. The minimum absolute atomic E-state index is 0.149. The number of nitrogens with zero attached hydrogens (tertiary/aromatic N) is 1. The van der Waals surface area contributed by atoms with Crippen LogP contribution in [-0.4, -0.2) is 28.9 Å². The number of carbonyl (C=O) groups is 1. The van der Waals surface area contributed by atoms with Crippen molar-refractivity contribution in [2.75, 3.05) is 17.7 Å². The summed E-state index contributed by atoms with van der Waals surface area (Å²) < 4.78 is 0. The molecule has 1 aromatic rings. The first kappa shape index (κ1) is 13.8. The van der Waals surface area contributed by atoms with Gasteiger partial charge in [0.2, 0.25) is 0 Å². The molecule has 3 N–H and O–H groups in total. The van der Waals surface area contributed by atoms with Crippen LogP contribution in [0, 0.1) is 6.92 Å². The molecule has 1 amide bonds. The Morgan fingerprint density at radius 3 is 2.94 bits per heavy atom. The second-order valence-electron chi connectivity index (χ2n) is 4.07. The summed E-state index contributed by atoms with van der Waals surface area (Å²) in [4.78, 5) is 16.0. The standard InChI is InChI=1S/C12H19N3OS/c1-8(4-5-17-3)15-12(16)10-7-14-9(2)6-11(10)13/h6-8H,4-5H2,1-3H3,(H2,13,14)(H,15,16). The quantitative estimate of drug-likeness (QED) is 0.840. The first-order valence-corrected chi connectivity index (χ1v) is 6.96. The number of nitrogens with one attached hydrogen (secondary N) is 1. The van der Waals surface area contributed by atoms with Crippen LogP contribution in [0.2, 0.25) is 0 Å². The van der Waals surface area contributed by atoms with Gasteiger partial charge in [0.1, 0.15) is 0 Å². The molecule has 0 fully saturated rings. The van der Waals surface area contributed by atoms with Crippen molar-refractivity contribution < 1.29 is 4.79 Å². The number of thioether (sulfide) groups is 1. The summed E-state index contributed by atoms with van der Waals surface area (Å²) in [5, 5.41) is 2.92. The van der Waals surface area contributed by atoms with Gasteiger partial charge in [0.05, 0.1) is 5.56 Å². The predicted molar refractivity (Wildman–Crippen MR) is 73.3 cm³/mol. The Morgan fingerprint density at radius 1 is 1.65 bits per heavy atom. The third-order valence-electron chi connectivity index (χ3n) is 2.45. The molecule has 0 radical (unpaired) electrons. The van der Waals surface area contributed by atoms with E-state index in [0.717, 1.165) is 17.9 Å². The number of anilines is 1. The van der Waals surface area contributed by atoms with Crippen molar-refractivity contribution in [1.82, 2.24) is 10.3 Å². The number of pyridine rings is 1. The Hall–Kier alpha value is -1.23. The molecule has 1 aromatic heterocycles. The molecule has 0 aromatic carbocycles. The van der Waals surface area contributed by atoms with Gasteiger partial charge in [-0.15, -0.1) is 0 Å². The number of carbonyl (C=O) groups excluding carboxylic acids is 1. The maximum atomic E-state index is 11.9. The first-order valence-electron chi connectivity index (χ1n) is 5.56. The number of nitrogens with two attached hydrogens (primary N) is 1. The Bertz CT molecular complexity index is 395. The van der Waals surface area contributed by atoms with Gasteiger partial charge in [-0.05, 0) is 38.3 Å². The van der Waals surface area contributed by atoms with Gasteiger partial charge in [-0.25, -0.2) is 0 Å². The van der Waals surface area contributed by atoms with E-state index >= 15 is 0 Å². The molecule has 0 aliphatic heterocycles. The molecule has 0 saturated carbocycles. The van der Waals surface area contributed by atoms with E-state index in [0.29, 0.717) is 11.3 Å². The van der Waals surface area contributed by atoms with Gasteiger partial charge in [-0.3, -0.25) is 9.78 Å². The highest BCUT2D eigenvalue weighted by molar-refractivity contribution is 7.98. The van der Waals surface area contributed by atoms with E-state index in [-0.39, 0.29) is 11.9 Å². The molecule has 0 bridgehead atoms. The van der Waals surface area contributed by atoms with Gasteiger partial charge >= 0.3 is 0 Å². The van der Waals surface area contributed by atoms with Crippen molar-refractivity contribution in [3.63, 3.8) is 0 Å². The second-order valence-corrected chi connectivity index (χ2v) is 5.05. The maximum absolute atomic E-state index is 11.9. The average Bonchev–Trinajstić information content (AvgIpc) is 2.26. The number of hydrogen-bond donors (Lipinski definition) is 2. The molecule has 1 rings (SSSR count). The van der Waals surface area contributed by atoms with Gasteiger partial charge in [0.15, 0.2) is 0 Å². The smallest absolute Gasteiger partial charge is 0.255 e. The van der Waals surface area contributed by atoms with E-state index < -0.39 is 0 Å². The van der Waals surface area contributed by atoms with Crippen LogP contribution in [0.15, 0.2) is 12.3 Å². The van der Waals surface area contributed by atoms with Crippen LogP contribution in [0.3, 0.4) is 0 Å². The zero-order valence-electron chi connectivity index (χ0n) is 10.5. The molecule has 5 heteroatoms. The van der Waals surface area contributed by atoms with Gasteiger partial charge in [-0.1, -0.05) is 0 Å². The maximum Gasteiger partial charge on any atom is 0.255 e. The minimum atomic E-state index is -0.149. The molecule has 1 atom stereocenters. The van der Waals surface area contributed by atoms with Crippen molar-refractivity contribution in [3.05, 3.63) is 23.5 Å². The first-order chi connectivity index (χ1) is 8.04. The van der Waals surface area contributed by atoms with Gasteiger partial charge in [0.25, 0.3) is 5.91 Å². The average molecular weight is 253 g/mol. The summed E-state index contributed by atoms with van der Waals surface area (Å²) in [5.41, 5.74) is 7.54. The van der Waals surface area contributed by atoms with Crippen molar-refractivity contribution in [1.29, 1.82) is 0 Å². The highest BCUT2D eigenvalue weighted by Gasteiger charge is 2.12. The molecule has 4 nitrogen and oxygen atoms in total. The molecule has 1 heterocycles. The summed E-state index contributed by atoms with van der Waals surface area (Å²) in [6.07, 6.45) is 4.53. The molecule has 0 spiro atoms. The zero-order valence-corrected chi connectivity index (χ0v) is 11.3. The second kappa shape index (κ2) is 6.49. The lowest BCUT2D eigenvalue weighted by Gasteiger charge is -2.14. The van der Waals surface area contributed by atoms with E-state index in [1.165, 1.54) is 6.20 Å². The number of aryl methyl sites for hydroxylation is 1. The van der Waals surface area contributed by atoms with Crippen LogP contribution in [0.1, 0.15) is 29.4 Å². The Kier molecular flexibility index (Phi) is 5.28. The SMILES string of the molecule is CSCCC(C)NC(=O)c1cnc(C)cc1N. The number of aromatic nitrogens is 1. The van der Waals surface area contributed by atoms with Crippen molar-refractivity contribution in [2.45, 2.75) is 26.3 Å². The Balaban J connectivity index is 2.63. The Morgan fingerprint density at radius 2 is 2.35 bits per heavy atom. The zero-order chi connectivity index (χ0) is 12.8. The lowest BCUT2D eigenvalue weighted by Crippen LogP contribution is -2.33. The van der Waals surface area contributed by atoms with Crippen molar-refractivity contribution in [3.8, 4) is 0 Å². The summed E-state index contributed by atoms with van der Waals surface area (Å²) in [7, 11) is 0. The molecule has 0 aliphatic rings. The summed E-state index contributed by atoms with van der Waals surface area (Å²) in [6, 6.07) is 1.86. The normalized spacial score (nSPS) is 12.2. The molecule has 17 heavy (non-hydrogen) atoms. The number of nitrogen functional groups attached to an aromatic ring is 1. The molecule has 0 saturated heterocycles. The van der Waals surface area contributed by atoms with Crippen LogP contribution in [0.25, 0.3) is 0 Å². The van der Waals surface area contributed by atoms with E-state index in [1.807, 2.05) is 13.8 Å². The van der Waals surface area contributed by atoms with E-state index in [4.69, 9.17) is 5.73 Å². The van der Waals surface area contributed by atoms with Crippen LogP contribution >= 0.6 is 11.8 Å². The molecular weight excluding hydrogens is 234 g/mol. The van der Waals surface area contributed by atoms with E-state index in [1.54, 1.807) is 17.8 Å². The third-order valence-corrected chi connectivity index (χ3v) is 3.09. The molecule has 94 valence electrons. The van der Waals surface area contributed by atoms with Crippen molar-refractivity contribution in [2.24, 2.45) is 0 Å². The summed E-state index contributed by atoms with van der Waals surface area (Å²) >= 11 is 1.77. The van der Waals surface area contributed by atoms with Gasteiger partial charge in [0, 0.05) is 23.6 Å². The number of hydrogen-bond acceptors (Lipinski definition) is 4. The van der Waals surface area contributed by atoms with E-state index in [9.17, 15) is 4.79 Å². The van der Waals surface area contributed by atoms with Gasteiger partial charge in [-0.2, -0.15) is 11.8 Å². The topological polar surface area (TPSA) is 68.0 Å². The van der Waals surface area contributed by atoms with Crippen LogP contribution in [-0.2, 0) is 0 Å². The third kappa shape index (κ3) is 4.26. The highest BCUT2D eigenvalue weighted by atomic mass is 32.2. The number of rotatable bonds is 5. The highest BCUT2D eigenvalue weighted by Crippen LogP contribution is 2.11. The van der Waals surface area contributed by atoms with Crippen molar-refractivity contribution >= 4 is 23.4 Å². The fraction of sp³-hybridized carbons (Fsp3) is 0.500. The fourth-order valence-corrected chi connectivity index (χ4v) is 2.03. The summed E-state index contributed by atoms with van der Waals surface area (Å²) in [5.74, 6) is 0.881. The summed E-state index contributed by atoms with van der Waals surface area (Å²) in [6.45, 7) is 3.84. The van der Waals surface area contributed by atoms with E-state index in [2.05, 4.69) is 16.6 Å². The lowest BCUT2D eigenvalue weighted by molar-refractivity contribution is 0.0940. The lowest BCUT2D eigenvalue weighted by atomic mass is 10.2. The minimum Gasteiger partial charge on any atom is -0.398 e. The predicted octanol–water partition coefficient (Wildman–Crippen LogP) is 1.84. The largest absolute Gasteiger partial charge is 0.398 e. The Labute approximate surface area is 106 Å². The fourth-order valence-electron chi connectivity index (χ4n) is 1.44.